The summed E-state index contributed by atoms with van der Waals surface area (Å²) in [6, 6.07) is 6.05. The highest BCUT2D eigenvalue weighted by Crippen LogP contribution is 2.48. The molecule has 0 spiro atoms. The van der Waals surface area contributed by atoms with E-state index in [9.17, 15) is 14.7 Å². The smallest absolute Gasteiger partial charge is 0.307 e. The van der Waals surface area contributed by atoms with Crippen molar-refractivity contribution in [3.05, 3.63) is 41.5 Å². The van der Waals surface area contributed by atoms with Gasteiger partial charge < -0.3 is 10.4 Å². The van der Waals surface area contributed by atoms with Crippen LogP contribution in [0.3, 0.4) is 0 Å². The summed E-state index contributed by atoms with van der Waals surface area (Å²) in [5.74, 6) is -1.95. The van der Waals surface area contributed by atoms with Crippen LogP contribution in [0.1, 0.15) is 24.0 Å². The number of aliphatic carboxylic acids is 1. The van der Waals surface area contributed by atoms with Gasteiger partial charge in [-0.25, -0.2) is 0 Å². The molecule has 4 nitrogen and oxygen atoms in total. The monoisotopic (exact) mass is 297 g/mol. The van der Waals surface area contributed by atoms with Crippen LogP contribution in [-0.2, 0) is 22.4 Å². The van der Waals surface area contributed by atoms with Crippen molar-refractivity contribution in [3.8, 4) is 0 Å². The molecule has 1 aromatic rings. The number of carboxylic acid groups (broad SMARTS) is 1. The lowest BCUT2D eigenvalue weighted by Gasteiger charge is -2.24. The van der Waals surface area contributed by atoms with Crippen LogP contribution in [0.25, 0.3) is 0 Å². The molecule has 0 saturated heterocycles. The molecular weight excluding hydrogens is 278 g/mol. The zero-order chi connectivity index (χ0) is 15.3. The number of carboxylic acids is 1. The Morgan fingerprint density at radius 1 is 1.05 bits per heavy atom. The van der Waals surface area contributed by atoms with Gasteiger partial charge in [-0.05, 0) is 60.8 Å². The molecule has 0 heterocycles. The molecule has 4 atom stereocenters. The number of hydrogen-bond acceptors (Lipinski definition) is 2. The van der Waals surface area contributed by atoms with Gasteiger partial charge in [0.15, 0.2) is 0 Å². The highest BCUT2D eigenvalue weighted by molar-refractivity contribution is 5.96. The summed E-state index contributed by atoms with van der Waals surface area (Å²) in [4.78, 5) is 24.1. The van der Waals surface area contributed by atoms with Crippen LogP contribution >= 0.6 is 0 Å². The van der Waals surface area contributed by atoms with Crippen LogP contribution in [0.4, 0.5) is 5.69 Å². The number of rotatable bonds is 3. The third kappa shape index (κ3) is 2.05. The maximum absolute atomic E-state index is 12.6. The van der Waals surface area contributed by atoms with Gasteiger partial charge in [0.1, 0.15) is 0 Å². The number of allylic oxidation sites excluding steroid dienone is 2. The molecular formula is C18H19NO3. The predicted molar refractivity (Wildman–Crippen MR) is 82.4 cm³/mol. The largest absolute Gasteiger partial charge is 0.481 e. The number of benzene rings is 1. The number of anilines is 1. The molecule has 4 heteroatoms. The number of carbonyl (C=O) groups excluding carboxylic acids is 1. The first-order valence-electron chi connectivity index (χ1n) is 7.97. The maximum Gasteiger partial charge on any atom is 0.307 e. The fourth-order valence-electron chi connectivity index (χ4n) is 4.39. The van der Waals surface area contributed by atoms with Crippen LogP contribution in [-0.4, -0.2) is 17.0 Å². The lowest BCUT2D eigenvalue weighted by molar-refractivity contribution is -0.146. The van der Waals surface area contributed by atoms with Gasteiger partial charge in [0, 0.05) is 5.69 Å². The molecule has 22 heavy (non-hydrogen) atoms. The molecule has 3 aliphatic rings. The van der Waals surface area contributed by atoms with Gasteiger partial charge in [0.2, 0.25) is 5.91 Å². The Morgan fingerprint density at radius 3 is 2.55 bits per heavy atom. The van der Waals surface area contributed by atoms with Crippen LogP contribution < -0.4 is 5.32 Å². The van der Waals surface area contributed by atoms with Gasteiger partial charge >= 0.3 is 5.97 Å². The summed E-state index contributed by atoms with van der Waals surface area (Å²) < 4.78 is 0. The average Bonchev–Trinajstić information content (AvgIpc) is 3.20. The summed E-state index contributed by atoms with van der Waals surface area (Å²) >= 11 is 0. The maximum atomic E-state index is 12.6. The van der Waals surface area contributed by atoms with Gasteiger partial charge in [0.25, 0.3) is 0 Å². The van der Waals surface area contributed by atoms with Crippen molar-refractivity contribution in [2.24, 2.45) is 23.7 Å². The zero-order valence-electron chi connectivity index (χ0n) is 12.3. The molecule has 114 valence electrons. The highest BCUT2D eigenvalue weighted by Gasteiger charge is 2.51. The molecule has 2 N–H and O–H groups in total. The lowest BCUT2D eigenvalue weighted by atomic mass is 9.82. The summed E-state index contributed by atoms with van der Waals surface area (Å²) in [7, 11) is 0. The van der Waals surface area contributed by atoms with E-state index < -0.39 is 17.8 Å². The Bertz CT molecular complexity index is 679. The summed E-state index contributed by atoms with van der Waals surface area (Å²) in [6.45, 7) is 0. The first-order valence-corrected chi connectivity index (χ1v) is 7.97. The molecule has 0 radical (unpaired) electrons. The van der Waals surface area contributed by atoms with E-state index in [-0.39, 0.29) is 17.7 Å². The first kappa shape index (κ1) is 13.6. The normalized spacial score (nSPS) is 31.3. The van der Waals surface area contributed by atoms with E-state index in [0.29, 0.717) is 0 Å². The van der Waals surface area contributed by atoms with E-state index in [1.807, 2.05) is 24.3 Å². The summed E-state index contributed by atoms with van der Waals surface area (Å²) in [6.07, 6.45) is 8.11. The molecule has 2 bridgehead atoms. The Kier molecular flexibility index (Phi) is 3.06. The number of aryl methyl sites for hydroxylation is 2. The molecule has 0 unspecified atom stereocenters. The molecule has 0 aliphatic heterocycles. The third-order valence-electron chi connectivity index (χ3n) is 5.41. The molecule has 3 aliphatic carbocycles. The molecule has 4 rings (SSSR count). The molecule has 1 saturated carbocycles. The number of fused-ring (bicyclic) bond motifs is 3. The Hall–Kier alpha value is -2.10. The van der Waals surface area contributed by atoms with Gasteiger partial charge in [0.05, 0.1) is 11.8 Å². The minimum atomic E-state index is -0.856. The van der Waals surface area contributed by atoms with Crippen molar-refractivity contribution in [1.29, 1.82) is 0 Å². The van der Waals surface area contributed by atoms with Gasteiger partial charge in [-0.2, -0.15) is 0 Å². The van der Waals surface area contributed by atoms with E-state index in [2.05, 4.69) is 11.4 Å². The number of carbonyl (C=O) groups is 2. The molecule has 1 aromatic carbocycles. The predicted octanol–water partition coefficient (Wildman–Crippen LogP) is 2.64. The molecule has 0 aromatic heterocycles. The minimum absolute atomic E-state index is 0.0123. The third-order valence-corrected chi connectivity index (χ3v) is 5.41. The first-order chi connectivity index (χ1) is 10.6. The van der Waals surface area contributed by atoms with Gasteiger partial charge in [-0.3, -0.25) is 9.59 Å². The number of nitrogens with one attached hydrogen (secondary N) is 1. The van der Waals surface area contributed by atoms with E-state index in [4.69, 9.17) is 0 Å². The Balaban J connectivity index is 1.55. The summed E-state index contributed by atoms with van der Waals surface area (Å²) in [5.41, 5.74) is 3.46. The van der Waals surface area contributed by atoms with Crippen LogP contribution in [0, 0.1) is 23.7 Å². The van der Waals surface area contributed by atoms with E-state index in [0.717, 1.165) is 24.9 Å². The Morgan fingerprint density at radius 2 is 1.77 bits per heavy atom. The van der Waals surface area contributed by atoms with Crippen LogP contribution in [0.2, 0.25) is 0 Å². The molecule has 1 amide bonds. The fraction of sp³-hybridized carbons (Fsp3) is 0.444. The highest BCUT2D eigenvalue weighted by atomic mass is 16.4. The van der Waals surface area contributed by atoms with Crippen molar-refractivity contribution in [2.45, 2.75) is 25.7 Å². The second-order valence-electron chi connectivity index (χ2n) is 6.66. The fourth-order valence-corrected chi connectivity index (χ4v) is 4.39. The van der Waals surface area contributed by atoms with Crippen molar-refractivity contribution in [3.63, 3.8) is 0 Å². The van der Waals surface area contributed by atoms with Gasteiger partial charge in [-0.15, -0.1) is 0 Å². The second kappa shape index (κ2) is 4.97. The van der Waals surface area contributed by atoms with Crippen LogP contribution in [0.5, 0.6) is 0 Å². The van der Waals surface area contributed by atoms with Gasteiger partial charge in [-0.1, -0.05) is 18.2 Å². The van der Waals surface area contributed by atoms with E-state index in [1.165, 1.54) is 17.5 Å². The number of amides is 1. The number of hydrogen-bond donors (Lipinski definition) is 2. The minimum Gasteiger partial charge on any atom is -0.481 e. The van der Waals surface area contributed by atoms with Crippen LogP contribution in [0.15, 0.2) is 30.4 Å². The topological polar surface area (TPSA) is 66.4 Å². The zero-order valence-corrected chi connectivity index (χ0v) is 12.3. The quantitative estimate of drug-likeness (QED) is 0.843. The van der Waals surface area contributed by atoms with Crippen molar-refractivity contribution < 1.29 is 14.7 Å². The molecule has 1 fully saturated rings. The average molecular weight is 297 g/mol. The van der Waals surface area contributed by atoms with Crippen molar-refractivity contribution >= 4 is 17.6 Å². The SMILES string of the molecule is O=C(Nc1ccc2c(c1)CCC2)[C@@H]1[C@H](C(=O)O)[C@H]2C=C[C@@H]1C2. The van der Waals surface area contributed by atoms with Crippen molar-refractivity contribution in [2.75, 3.05) is 5.32 Å². The van der Waals surface area contributed by atoms with E-state index in [1.54, 1.807) is 0 Å². The van der Waals surface area contributed by atoms with Crippen molar-refractivity contribution in [1.82, 2.24) is 0 Å². The lowest BCUT2D eigenvalue weighted by Crippen LogP contribution is -2.36. The summed E-state index contributed by atoms with van der Waals surface area (Å²) in [5, 5.41) is 12.4. The van der Waals surface area contributed by atoms with E-state index >= 15 is 0 Å². The Labute approximate surface area is 129 Å². The standard InChI is InChI=1S/C18H19NO3/c20-17(15-12-4-5-13(8-12)16(15)18(21)22)19-14-7-6-10-2-1-3-11(10)9-14/h4-7,9,12-13,15-16H,1-3,8H2,(H,19,20)(H,21,22)/t12-,13+,15+,16-/m1/s1. The second-order valence-corrected chi connectivity index (χ2v) is 6.66.